The number of nitrogens with zero attached hydrogens (tertiary/aromatic N) is 2. The third-order valence-electron chi connectivity index (χ3n) is 3.43. The second kappa shape index (κ2) is 9.06. The molecule has 0 unspecified atom stereocenters. The number of hydrogen-bond donors (Lipinski definition) is 0. The molecule has 0 spiro atoms. The maximum atomic E-state index is 12.9. The highest BCUT2D eigenvalue weighted by Gasteiger charge is 2.29. The molecule has 0 aliphatic heterocycles. The van der Waals surface area contributed by atoms with Crippen LogP contribution in [0.3, 0.4) is 0 Å². The highest BCUT2D eigenvalue weighted by atomic mass is 35.5. The summed E-state index contributed by atoms with van der Waals surface area (Å²) in [4.78, 5) is 17.8. The number of carbonyl (C=O) groups excluding carboxylic acids is 1. The van der Waals surface area contributed by atoms with E-state index in [9.17, 15) is 4.79 Å². The highest BCUT2D eigenvalue weighted by molar-refractivity contribution is 7.77. The summed E-state index contributed by atoms with van der Waals surface area (Å²) in [5.41, 5.74) is 1.23. The molecule has 2 rings (SSSR count). The molecule has 0 fully saturated rings. The normalized spacial score (nSPS) is 12.8. The van der Waals surface area contributed by atoms with Crippen molar-refractivity contribution in [2.45, 2.75) is 25.8 Å². The fourth-order valence-corrected chi connectivity index (χ4v) is 3.60. The van der Waals surface area contributed by atoms with Crippen LogP contribution in [0.25, 0.3) is 0 Å². The molecule has 0 radical (unpaired) electrons. The molecule has 0 saturated carbocycles. The minimum Gasteiger partial charge on any atom is -0.758 e. The smallest absolute Gasteiger partial charge is 0.244 e. The van der Waals surface area contributed by atoms with Gasteiger partial charge < -0.3 is 17.6 Å². The van der Waals surface area contributed by atoms with Gasteiger partial charge in [-0.1, -0.05) is 31.0 Å². The van der Waals surface area contributed by atoms with E-state index in [-0.39, 0.29) is 5.78 Å². The van der Waals surface area contributed by atoms with Crippen LogP contribution in [0.4, 0.5) is 0 Å². The lowest BCUT2D eigenvalue weighted by Gasteiger charge is -2.18. The van der Waals surface area contributed by atoms with Gasteiger partial charge in [-0.05, 0) is 29.2 Å². The molecule has 0 bridgehead atoms. The van der Waals surface area contributed by atoms with Crippen LogP contribution in [0.5, 0.6) is 0 Å². The molecule has 126 valence electrons. The number of halogens is 1. The van der Waals surface area contributed by atoms with Gasteiger partial charge in [-0.25, -0.2) is 0 Å². The first-order chi connectivity index (χ1) is 11.6. The number of hydrogen-bond acceptors (Lipinski definition) is 4. The first-order valence-corrected chi connectivity index (χ1v) is 9.28. The van der Waals surface area contributed by atoms with Gasteiger partial charge in [0, 0.05) is 12.1 Å². The van der Waals surface area contributed by atoms with Crippen LogP contribution in [0.1, 0.15) is 34.6 Å². The summed E-state index contributed by atoms with van der Waals surface area (Å²) in [6.45, 7) is 6.17. The second-order valence-electron chi connectivity index (χ2n) is 5.24. The number of Topliss-reactive ketones (excluding diaryl/α,β-unsaturated/α-hetero) is 1. The van der Waals surface area contributed by atoms with Crippen molar-refractivity contribution < 1.29 is 9.36 Å². The van der Waals surface area contributed by atoms with Gasteiger partial charge in [0.05, 0.1) is 15.8 Å². The predicted octanol–water partition coefficient (Wildman–Crippen LogP) is 4.20. The standard InChI is InChI=1S/C18H19ClN2OS2/c1-3-5-13-8-11-21(12-9-13)16(18(23)20-10-4-2)17(22)14-6-7-15(19)24-14/h4,6-9,11-12,16H,2-3,5,10H2,1H3/t16-/m1/s1. The Labute approximate surface area is 157 Å². The fourth-order valence-electron chi connectivity index (χ4n) is 2.29. The molecule has 1 atom stereocenters. The Balaban J connectivity index is 2.38. The third kappa shape index (κ3) is 4.72. The van der Waals surface area contributed by atoms with Gasteiger partial charge in [0.1, 0.15) is 0 Å². The molecule has 0 N–H and O–H groups in total. The molecule has 0 aliphatic carbocycles. The van der Waals surface area contributed by atoms with Gasteiger partial charge in [-0.15, -0.1) is 17.9 Å². The summed E-state index contributed by atoms with van der Waals surface area (Å²) in [5, 5.41) is 0.345. The highest BCUT2D eigenvalue weighted by Crippen LogP contribution is 2.24. The molecule has 0 aromatic carbocycles. The topological polar surface area (TPSA) is 33.3 Å². The number of pyridine rings is 1. The van der Waals surface area contributed by atoms with E-state index in [1.54, 1.807) is 18.2 Å². The predicted molar refractivity (Wildman–Crippen MR) is 103 cm³/mol. The molecule has 2 heterocycles. The van der Waals surface area contributed by atoms with Gasteiger partial charge in [-0.3, -0.25) is 4.79 Å². The first kappa shape index (κ1) is 18.8. The number of rotatable bonds is 8. The van der Waals surface area contributed by atoms with Gasteiger partial charge in [0.25, 0.3) is 0 Å². The average Bonchev–Trinajstić information content (AvgIpc) is 3.01. The zero-order valence-electron chi connectivity index (χ0n) is 13.4. The van der Waals surface area contributed by atoms with E-state index in [4.69, 9.17) is 24.2 Å². The number of carbonyl (C=O) groups is 1. The SMILES string of the molecule is C=CCN=C([S-])[C@@H](C(=O)c1ccc(Cl)s1)[n+]1ccc(CCC)cc1. The number of thiophene rings is 1. The van der Waals surface area contributed by atoms with Crippen molar-refractivity contribution in [1.29, 1.82) is 0 Å². The molecule has 24 heavy (non-hydrogen) atoms. The Morgan fingerprint density at radius 3 is 2.67 bits per heavy atom. The van der Waals surface area contributed by atoms with E-state index < -0.39 is 6.04 Å². The van der Waals surface area contributed by atoms with Gasteiger partial charge in [-0.2, -0.15) is 4.57 Å². The minimum atomic E-state index is -0.648. The van der Waals surface area contributed by atoms with Gasteiger partial charge in [0.15, 0.2) is 12.4 Å². The summed E-state index contributed by atoms with van der Waals surface area (Å²) in [6.07, 6.45) is 7.51. The fraction of sp³-hybridized carbons (Fsp3) is 0.278. The van der Waals surface area contributed by atoms with E-state index in [0.717, 1.165) is 12.8 Å². The van der Waals surface area contributed by atoms with Crippen LogP contribution < -0.4 is 4.57 Å². The monoisotopic (exact) mass is 378 g/mol. The zero-order valence-corrected chi connectivity index (χ0v) is 15.8. The minimum absolute atomic E-state index is 0.0991. The van der Waals surface area contributed by atoms with Gasteiger partial charge >= 0.3 is 0 Å². The van der Waals surface area contributed by atoms with Crippen molar-refractivity contribution in [1.82, 2.24) is 0 Å². The summed E-state index contributed by atoms with van der Waals surface area (Å²) < 4.78 is 2.39. The van der Waals surface area contributed by atoms with Crippen LogP contribution in [0.15, 0.2) is 54.3 Å². The lowest BCUT2D eigenvalue weighted by molar-refractivity contribution is -0.691. The van der Waals surface area contributed by atoms with Crippen LogP contribution in [0, 0.1) is 0 Å². The molecule has 3 nitrogen and oxygen atoms in total. The Kier molecular flexibility index (Phi) is 7.09. The number of aliphatic imine (C=N–C) groups is 1. The second-order valence-corrected chi connectivity index (χ2v) is 7.38. The van der Waals surface area contributed by atoms with Crippen LogP contribution >= 0.6 is 22.9 Å². The van der Waals surface area contributed by atoms with Crippen molar-refractivity contribution in [3.8, 4) is 0 Å². The van der Waals surface area contributed by atoms with E-state index in [1.807, 2.05) is 29.1 Å². The number of aryl methyl sites for hydroxylation is 1. The molecule has 6 heteroatoms. The van der Waals surface area contributed by atoms with Crippen molar-refractivity contribution in [3.05, 3.63) is 64.1 Å². The third-order valence-corrected chi connectivity index (χ3v) is 5.03. The maximum absolute atomic E-state index is 12.9. The van der Waals surface area contributed by atoms with Crippen LogP contribution in [-0.4, -0.2) is 17.4 Å². The Morgan fingerprint density at radius 1 is 1.42 bits per heavy atom. The van der Waals surface area contributed by atoms with E-state index in [2.05, 4.69) is 18.5 Å². The van der Waals surface area contributed by atoms with E-state index >= 15 is 0 Å². The average molecular weight is 379 g/mol. The summed E-state index contributed by atoms with van der Waals surface area (Å²) in [5.74, 6) is -0.0991. The molecule has 0 amide bonds. The van der Waals surface area contributed by atoms with Crippen molar-refractivity contribution in [2.75, 3.05) is 6.54 Å². The molecule has 0 aliphatic rings. The summed E-state index contributed by atoms with van der Waals surface area (Å²) in [7, 11) is 0. The van der Waals surface area contributed by atoms with Crippen LogP contribution in [0.2, 0.25) is 4.34 Å². The Hall–Kier alpha value is -1.56. The van der Waals surface area contributed by atoms with Crippen molar-refractivity contribution in [3.63, 3.8) is 0 Å². The van der Waals surface area contributed by atoms with Crippen molar-refractivity contribution >= 4 is 46.4 Å². The Bertz CT molecular complexity index is 738. The molecular formula is C18H19ClN2OS2. The summed E-state index contributed by atoms with van der Waals surface area (Å²) in [6, 6.07) is 6.83. The molecule has 2 aromatic heterocycles. The van der Waals surface area contributed by atoms with E-state index in [1.165, 1.54) is 16.9 Å². The zero-order chi connectivity index (χ0) is 17.5. The first-order valence-electron chi connectivity index (χ1n) is 7.68. The van der Waals surface area contributed by atoms with Crippen molar-refractivity contribution in [2.24, 2.45) is 4.99 Å². The maximum Gasteiger partial charge on any atom is 0.244 e. The quantitative estimate of drug-likeness (QED) is 0.172. The number of aromatic nitrogens is 1. The largest absolute Gasteiger partial charge is 0.758 e. The molecule has 2 aromatic rings. The Morgan fingerprint density at radius 2 is 2.12 bits per heavy atom. The lowest BCUT2D eigenvalue weighted by atomic mass is 10.1. The van der Waals surface area contributed by atoms with Crippen LogP contribution in [-0.2, 0) is 19.0 Å². The number of ketones is 1. The summed E-state index contributed by atoms with van der Waals surface area (Å²) >= 11 is 12.6. The molecule has 0 saturated heterocycles. The lowest BCUT2D eigenvalue weighted by Crippen LogP contribution is -2.47. The van der Waals surface area contributed by atoms with E-state index in [0.29, 0.717) is 20.8 Å². The van der Waals surface area contributed by atoms with Gasteiger partial charge in [0.2, 0.25) is 11.8 Å². The molecular weight excluding hydrogens is 360 g/mol.